The number of hydrogen-bond acceptors (Lipinski definition) is 5. The molecule has 3 aromatic rings. The van der Waals surface area contributed by atoms with Gasteiger partial charge in [-0.25, -0.2) is 4.98 Å². The number of fused-ring (bicyclic) bond motifs is 1. The number of rotatable bonds is 5. The molecule has 2 aromatic carbocycles. The zero-order valence-electron chi connectivity index (χ0n) is 16.8. The number of nitrogens with zero attached hydrogens (tertiary/aromatic N) is 3. The smallest absolute Gasteiger partial charge is 0.260 e. The predicted molar refractivity (Wildman–Crippen MR) is 114 cm³/mol. The molecule has 0 radical (unpaired) electrons. The molecule has 0 unspecified atom stereocenters. The monoisotopic (exact) mass is 391 g/mol. The lowest BCUT2D eigenvalue weighted by molar-refractivity contribution is -0.133. The van der Waals surface area contributed by atoms with Crippen molar-refractivity contribution in [2.75, 3.05) is 44.8 Å². The number of para-hydroxylation sites is 3. The first-order valence-electron chi connectivity index (χ1n) is 9.80. The molecule has 0 N–H and O–H groups in total. The molecule has 1 aliphatic heterocycles. The molecule has 0 spiro atoms. The van der Waals surface area contributed by atoms with E-state index < -0.39 is 0 Å². The van der Waals surface area contributed by atoms with Crippen molar-refractivity contribution in [1.29, 1.82) is 0 Å². The molecule has 1 saturated heterocycles. The fourth-order valence-electron chi connectivity index (χ4n) is 3.67. The molecule has 4 rings (SSSR count). The number of carbonyl (C=O) groups excluding carboxylic acids is 1. The number of piperazine rings is 1. The topological polar surface area (TPSA) is 54.9 Å². The molecule has 1 fully saturated rings. The van der Waals surface area contributed by atoms with Gasteiger partial charge in [0.1, 0.15) is 5.82 Å². The maximum atomic E-state index is 12.6. The van der Waals surface area contributed by atoms with Crippen LogP contribution >= 0.6 is 0 Å². The summed E-state index contributed by atoms with van der Waals surface area (Å²) in [4.78, 5) is 21.5. The molecule has 1 amide bonds. The molecule has 1 aliphatic rings. The molecule has 1 aromatic heterocycles. The summed E-state index contributed by atoms with van der Waals surface area (Å²) in [5.74, 6) is 2.20. The Morgan fingerprint density at radius 3 is 2.45 bits per heavy atom. The zero-order valence-corrected chi connectivity index (χ0v) is 16.8. The summed E-state index contributed by atoms with van der Waals surface area (Å²) in [5.41, 5.74) is 2.15. The molecular formula is C23H25N3O3. The van der Waals surface area contributed by atoms with Gasteiger partial charge in [-0.05, 0) is 36.8 Å². The minimum atomic E-state index is -0.0150. The normalized spacial score (nSPS) is 14.1. The van der Waals surface area contributed by atoms with Crippen LogP contribution in [0.15, 0.2) is 54.6 Å². The van der Waals surface area contributed by atoms with Crippen molar-refractivity contribution >= 4 is 22.6 Å². The van der Waals surface area contributed by atoms with Crippen LogP contribution in [0.3, 0.4) is 0 Å². The van der Waals surface area contributed by atoms with Crippen molar-refractivity contribution in [3.05, 3.63) is 60.2 Å². The van der Waals surface area contributed by atoms with Crippen LogP contribution in [0.4, 0.5) is 5.82 Å². The highest BCUT2D eigenvalue weighted by Crippen LogP contribution is 2.26. The van der Waals surface area contributed by atoms with E-state index >= 15 is 0 Å². The molecule has 29 heavy (non-hydrogen) atoms. The Morgan fingerprint density at radius 1 is 1.00 bits per heavy atom. The first-order chi connectivity index (χ1) is 14.2. The largest absolute Gasteiger partial charge is 0.493 e. The highest BCUT2D eigenvalue weighted by Gasteiger charge is 2.23. The third-order valence-corrected chi connectivity index (χ3v) is 5.24. The number of pyridine rings is 1. The highest BCUT2D eigenvalue weighted by atomic mass is 16.5. The number of benzene rings is 2. The third-order valence-electron chi connectivity index (χ3n) is 5.24. The second-order valence-corrected chi connectivity index (χ2v) is 7.13. The van der Waals surface area contributed by atoms with E-state index in [9.17, 15) is 4.79 Å². The summed E-state index contributed by atoms with van der Waals surface area (Å²) in [6, 6.07) is 17.7. The van der Waals surface area contributed by atoms with Crippen LogP contribution in [-0.2, 0) is 4.79 Å². The highest BCUT2D eigenvalue weighted by molar-refractivity contribution is 5.82. The summed E-state index contributed by atoms with van der Waals surface area (Å²) in [5, 5.41) is 1.15. The second kappa shape index (κ2) is 8.39. The lowest BCUT2D eigenvalue weighted by Crippen LogP contribution is -2.50. The number of methoxy groups -OCH3 is 1. The molecule has 0 bridgehead atoms. The number of amides is 1. The van der Waals surface area contributed by atoms with Gasteiger partial charge in [-0.1, -0.05) is 30.3 Å². The molecule has 6 nitrogen and oxygen atoms in total. The van der Waals surface area contributed by atoms with E-state index in [0.29, 0.717) is 24.6 Å². The van der Waals surface area contributed by atoms with Crippen molar-refractivity contribution in [3.8, 4) is 11.5 Å². The SMILES string of the molecule is COc1ccccc1OCC(=O)N1CCN(c2nc3ccccc3cc2C)CC1. The minimum absolute atomic E-state index is 0.00757. The van der Waals surface area contributed by atoms with Gasteiger partial charge in [-0.3, -0.25) is 4.79 Å². The van der Waals surface area contributed by atoms with E-state index in [1.807, 2.05) is 41.3 Å². The standard InChI is InChI=1S/C23H25N3O3/c1-17-15-18-7-3-4-8-19(18)24-23(17)26-13-11-25(12-14-26)22(27)16-29-21-10-6-5-9-20(21)28-2/h3-10,15H,11-14,16H2,1-2H3. The molecule has 2 heterocycles. The van der Waals surface area contributed by atoms with Gasteiger partial charge in [0.2, 0.25) is 0 Å². The average molecular weight is 391 g/mol. The Bertz CT molecular complexity index is 1010. The first kappa shape index (κ1) is 19.1. The summed E-state index contributed by atoms with van der Waals surface area (Å²) in [7, 11) is 1.59. The van der Waals surface area contributed by atoms with E-state index in [0.717, 1.165) is 35.4 Å². The van der Waals surface area contributed by atoms with Crippen molar-refractivity contribution < 1.29 is 14.3 Å². The number of aromatic nitrogens is 1. The van der Waals surface area contributed by atoms with Crippen molar-refractivity contribution in [1.82, 2.24) is 9.88 Å². The van der Waals surface area contributed by atoms with E-state index in [4.69, 9.17) is 14.5 Å². The van der Waals surface area contributed by atoms with E-state index in [1.165, 1.54) is 0 Å². The molecule has 150 valence electrons. The number of aryl methyl sites for hydroxylation is 1. The Balaban J connectivity index is 1.37. The minimum Gasteiger partial charge on any atom is -0.493 e. The van der Waals surface area contributed by atoms with Crippen LogP contribution in [0.25, 0.3) is 10.9 Å². The number of hydrogen-bond donors (Lipinski definition) is 0. The fourth-order valence-corrected chi connectivity index (χ4v) is 3.67. The Kier molecular flexibility index (Phi) is 5.51. The van der Waals surface area contributed by atoms with Gasteiger partial charge in [0.15, 0.2) is 18.1 Å². The maximum absolute atomic E-state index is 12.6. The van der Waals surface area contributed by atoms with E-state index in [1.54, 1.807) is 13.2 Å². The van der Waals surface area contributed by atoms with Gasteiger partial charge < -0.3 is 19.3 Å². The van der Waals surface area contributed by atoms with Gasteiger partial charge in [0.05, 0.1) is 12.6 Å². The van der Waals surface area contributed by atoms with Crippen LogP contribution in [0.5, 0.6) is 11.5 Å². The first-order valence-corrected chi connectivity index (χ1v) is 9.80. The lowest BCUT2D eigenvalue weighted by Gasteiger charge is -2.36. The van der Waals surface area contributed by atoms with Gasteiger partial charge in [-0.15, -0.1) is 0 Å². The van der Waals surface area contributed by atoms with Crippen LogP contribution in [0, 0.1) is 6.92 Å². The van der Waals surface area contributed by atoms with Crippen LogP contribution in [0.1, 0.15) is 5.56 Å². The molecule has 0 aliphatic carbocycles. The van der Waals surface area contributed by atoms with Crippen molar-refractivity contribution in [3.63, 3.8) is 0 Å². The molecule has 0 saturated carbocycles. The predicted octanol–water partition coefficient (Wildman–Crippen LogP) is 3.28. The number of ether oxygens (including phenoxy) is 2. The number of anilines is 1. The van der Waals surface area contributed by atoms with E-state index in [-0.39, 0.29) is 12.5 Å². The Hall–Kier alpha value is -3.28. The van der Waals surface area contributed by atoms with Gasteiger partial charge in [0, 0.05) is 31.6 Å². The molecule has 6 heteroatoms. The summed E-state index contributed by atoms with van der Waals surface area (Å²) < 4.78 is 10.9. The van der Waals surface area contributed by atoms with Gasteiger partial charge in [0.25, 0.3) is 5.91 Å². The average Bonchev–Trinajstić information content (AvgIpc) is 2.77. The van der Waals surface area contributed by atoms with Gasteiger partial charge >= 0.3 is 0 Å². The van der Waals surface area contributed by atoms with Crippen molar-refractivity contribution in [2.45, 2.75) is 6.92 Å². The van der Waals surface area contributed by atoms with Crippen LogP contribution < -0.4 is 14.4 Å². The fraction of sp³-hybridized carbons (Fsp3) is 0.304. The van der Waals surface area contributed by atoms with E-state index in [2.05, 4.69) is 24.0 Å². The summed E-state index contributed by atoms with van der Waals surface area (Å²) in [6.07, 6.45) is 0. The lowest BCUT2D eigenvalue weighted by atomic mass is 10.1. The van der Waals surface area contributed by atoms with Crippen molar-refractivity contribution in [2.24, 2.45) is 0 Å². The van der Waals surface area contributed by atoms with Crippen LogP contribution in [-0.4, -0.2) is 55.7 Å². The van der Waals surface area contributed by atoms with Crippen LogP contribution in [0.2, 0.25) is 0 Å². The zero-order chi connectivity index (χ0) is 20.2. The maximum Gasteiger partial charge on any atom is 0.260 e. The molecular weight excluding hydrogens is 366 g/mol. The summed E-state index contributed by atoms with van der Waals surface area (Å²) >= 11 is 0. The Morgan fingerprint density at radius 2 is 1.69 bits per heavy atom. The molecule has 0 atom stereocenters. The second-order valence-electron chi connectivity index (χ2n) is 7.13. The summed E-state index contributed by atoms with van der Waals surface area (Å²) in [6.45, 7) is 4.92. The van der Waals surface area contributed by atoms with Gasteiger partial charge in [-0.2, -0.15) is 0 Å². The number of carbonyl (C=O) groups is 1. The third kappa shape index (κ3) is 4.11. The Labute approximate surface area is 170 Å². The quantitative estimate of drug-likeness (QED) is 0.668.